The molecule has 2 N–H and O–H groups in total. The number of nitrogens with zero attached hydrogens (tertiary/aromatic N) is 3. The van der Waals surface area contributed by atoms with E-state index in [0.29, 0.717) is 25.8 Å². The molecule has 0 spiro atoms. The number of nitro groups is 1. The number of carbonyl (C=O) groups is 1. The van der Waals surface area contributed by atoms with Crippen molar-refractivity contribution in [1.29, 1.82) is 0 Å². The van der Waals surface area contributed by atoms with E-state index in [1.165, 1.54) is 23.5 Å². The second-order valence-corrected chi connectivity index (χ2v) is 7.67. The average molecular weight is 380 g/mol. The largest absolute Gasteiger partial charge is 0.478 e. The van der Waals surface area contributed by atoms with E-state index in [1.54, 1.807) is 12.1 Å². The first-order valence-electron chi connectivity index (χ1n) is 7.30. The fraction of sp³-hybridized carbons (Fsp3) is 0.267. The Morgan fingerprint density at radius 1 is 1.48 bits per heavy atom. The van der Waals surface area contributed by atoms with E-state index < -0.39 is 10.9 Å². The Kier molecular flexibility index (Phi) is 6.48. The van der Waals surface area contributed by atoms with Crippen molar-refractivity contribution in [2.24, 2.45) is 5.92 Å². The van der Waals surface area contributed by atoms with Gasteiger partial charge in [-0.15, -0.1) is 10.2 Å². The van der Waals surface area contributed by atoms with E-state index in [1.807, 2.05) is 0 Å². The van der Waals surface area contributed by atoms with E-state index in [4.69, 9.17) is 5.11 Å². The molecule has 0 fully saturated rings. The van der Waals surface area contributed by atoms with Crippen molar-refractivity contribution in [3.63, 3.8) is 0 Å². The van der Waals surface area contributed by atoms with Gasteiger partial charge in [-0.3, -0.25) is 10.1 Å². The molecule has 0 radical (unpaired) electrons. The topological polar surface area (TPSA) is 118 Å². The van der Waals surface area contributed by atoms with Crippen LogP contribution < -0.4 is 5.32 Å². The maximum Gasteiger partial charge on any atom is 0.328 e. The number of benzene rings is 1. The third kappa shape index (κ3) is 5.84. The van der Waals surface area contributed by atoms with Gasteiger partial charge >= 0.3 is 5.97 Å². The number of rotatable bonds is 8. The SMILES string of the molecule is CC(C)CNc1nnc(Sc2ccc(C=CC(=O)O)cc2[N+](=O)[O-])s1. The Morgan fingerprint density at radius 3 is 2.88 bits per heavy atom. The summed E-state index contributed by atoms with van der Waals surface area (Å²) in [5.41, 5.74) is 0.333. The smallest absolute Gasteiger partial charge is 0.328 e. The highest BCUT2D eigenvalue weighted by molar-refractivity contribution is 8.01. The van der Waals surface area contributed by atoms with Crippen molar-refractivity contribution < 1.29 is 14.8 Å². The molecule has 132 valence electrons. The molecule has 0 amide bonds. The maximum atomic E-state index is 11.3. The van der Waals surface area contributed by atoms with Crippen LogP contribution in [0.4, 0.5) is 10.8 Å². The average Bonchev–Trinajstić information content (AvgIpc) is 2.99. The fourth-order valence-electron chi connectivity index (χ4n) is 1.74. The number of nitrogens with one attached hydrogen (secondary N) is 1. The van der Waals surface area contributed by atoms with Gasteiger partial charge in [0.05, 0.1) is 9.82 Å². The molecule has 1 aromatic carbocycles. The molecule has 0 aliphatic heterocycles. The lowest BCUT2D eigenvalue weighted by molar-refractivity contribution is -0.387. The lowest BCUT2D eigenvalue weighted by atomic mass is 10.2. The van der Waals surface area contributed by atoms with Gasteiger partial charge in [0.2, 0.25) is 5.13 Å². The van der Waals surface area contributed by atoms with Crippen LogP contribution in [0, 0.1) is 16.0 Å². The minimum atomic E-state index is -1.11. The van der Waals surface area contributed by atoms with E-state index in [2.05, 4.69) is 29.4 Å². The predicted octanol–water partition coefficient (Wildman–Crippen LogP) is 3.76. The van der Waals surface area contributed by atoms with Gasteiger partial charge in [-0.1, -0.05) is 31.3 Å². The number of carboxylic acid groups (broad SMARTS) is 1. The van der Waals surface area contributed by atoms with E-state index >= 15 is 0 Å². The van der Waals surface area contributed by atoms with Crippen molar-refractivity contribution in [2.45, 2.75) is 23.1 Å². The number of aliphatic carboxylic acids is 1. The van der Waals surface area contributed by atoms with Gasteiger partial charge < -0.3 is 10.4 Å². The van der Waals surface area contributed by atoms with Crippen LogP contribution in [0.3, 0.4) is 0 Å². The molecule has 8 nitrogen and oxygen atoms in total. The molecular formula is C15H16N4O4S2. The lowest BCUT2D eigenvalue weighted by Crippen LogP contribution is -2.07. The Labute approximate surface area is 152 Å². The molecule has 2 aromatic rings. The van der Waals surface area contributed by atoms with Gasteiger partial charge in [-0.05, 0) is 35.4 Å². The summed E-state index contributed by atoms with van der Waals surface area (Å²) in [5, 5.41) is 31.8. The van der Waals surface area contributed by atoms with Gasteiger partial charge in [0.15, 0.2) is 4.34 Å². The predicted molar refractivity (Wildman–Crippen MR) is 97.1 cm³/mol. The first-order chi connectivity index (χ1) is 11.8. The van der Waals surface area contributed by atoms with E-state index in [0.717, 1.165) is 24.4 Å². The molecule has 0 saturated heterocycles. The second-order valence-electron chi connectivity index (χ2n) is 5.41. The Bertz CT molecular complexity index is 805. The maximum absolute atomic E-state index is 11.3. The van der Waals surface area contributed by atoms with Gasteiger partial charge in [0.25, 0.3) is 5.69 Å². The van der Waals surface area contributed by atoms with Crippen molar-refractivity contribution in [2.75, 3.05) is 11.9 Å². The summed E-state index contributed by atoms with van der Waals surface area (Å²) in [7, 11) is 0. The summed E-state index contributed by atoms with van der Waals surface area (Å²) < 4.78 is 0.586. The first kappa shape index (κ1) is 18.9. The number of carboxylic acids is 1. The quantitative estimate of drug-likeness (QED) is 0.404. The van der Waals surface area contributed by atoms with Crippen LogP contribution in [0.1, 0.15) is 19.4 Å². The summed E-state index contributed by atoms with van der Waals surface area (Å²) in [6.07, 6.45) is 2.24. The zero-order valence-electron chi connectivity index (χ0n) is 13.5. The molecule has 2 rings (SSSR count). The monoisotopic (exact) mass is 380 g/mol. The van der Waals surface area contributed by atoms with Crippen molar-refractivity contribution in [3.05, 3.63) is 40.0 Å². The third-order valence-corrected chi connectivity index (χ3v) is 4.86. The molecule has 0 saturated carbocycles. The van der Waals surface area contributed by atoms with Gasteiger partial charge in [-0.2, -0.15) is 0 Å². The normalized spacial score (nSPS) is 11.2. The van der Waals surface area contributed by atoms with E-state index in [9.17, 15) is 14.9 Å². The second kappa shape index (κ2) is 8.58. The first-order valence-corrected chi connectivity index (χ1v) is 8.93. The van der Waals surface area contributed by atoms with Crippen LogP contribution in [0.5, 0.6) is 0 Å². The number of hydrogen-bond donors (Lipinski definition) is 2. The minimum absolute atomic E-state index is 0.107. The molecule has 0 unspecified atom stereocenters. The Morgan fingerprint density at radius 2 is 2.24 bits per heavy atom. The third-order valence-electron chi connectivity index (χ3n) is 2.86. The van der Waals surface area contributed by atoms with Gasteiger partial charge in [-0.25, -0.2) is 4.79 Å². The fourth-order valence-corrected chi connectivity index (χ4v) is 3.54. The molecule has 1 aromatic heterocycles. The molecule has 10 heteroatoms. The number of hydrogen-bond acceptors (Lipinski definition) is 8. The van der Waals surface area contributed by atoms with Gasteiger partial charge in [0, 0.05) is 18.7 Å². The van der Waals surface area contributed by atoms with Crippen LogP contribution in [-0.4, -0.2) is 32.7 Å². The van der Waals surface area contributed by atoms with Crippen LogP contribution in [0.15, 0.2) is 33.5 Å². The number of nitro benzene ring substituents is 1. The number of anilines is 1. The molecule has 0 aliphatic rings. The summed E-state index contributed by atoms with van der Waals surface area (Å²) in [4.78, 5) is 21.8. The van der Waals surface area contributed by atoms with Crippen molar-refractivity contribution in [3.8, 4) is 0 Å². The lowest BCUT2D eigenvalue weighted by Gasteiger charge is -2.03. The van der Waals surface area contributed by atoms with E-state index in [-0.39, 0.29) is 5.69 Å². The van der Waals surface area contributed by atoms with Crippen molar-refractivity contribution in [1.82, 2.24) is 10.2 Å². The van der Waals surface area contributed by atoms with Crippen LogP contribution in [0.25, 0.3) is 6.08 Å². The summed E-state index contributed by atoms with van der Waals surface area (Å²) in [5.74, 6) is -0.649. The zero-order valence-corrected chi connectivity index (χ0v) is 15.1. The molecule has 1 heterocycles. The summed E-state index contributed by atoms with van der Waals surface area (Å²) in [6, 6.07) is 4.53. The molecule has 0 bridgehead atoms. The molecular weight excluding hydrogens is 364 g/mol. The van der Waals surface area contributed by atoms with Crippen molar-refractivity contribution >= 4 is 46.0 Å². The Hall–Kier alpha value is -2.46. The summed E-state index contributed by atoms with van der Waals surface area (Å²) in [6.45, 7) is 4.92. The highest BCUT2D eigenvalue weighted by atomic mass is 32.2. The minimum Gasteiger partial charge on any atom is -0.478 e. The van der Waals surface area contributed by atoms with Crippen LogP contribution in [0.2, 0.25) is 0 Å². The summed E-state index contributed by atoms with van der Waals surface area (Å²) >= 11 is 2.48. The molecule has 0 aliphatic carbocycles. The van der Waals surface area contributed by atoms with Gasteiger partial charge in [0.1, 0.15) is 0 Å². The van der Waals surface area contributed by atoms with Crippen LogP contribution in [-0.2, 0) is 4.79 Å². The zero-order chi connectivity index (χ0) is 18.4. The highest BCUT2D eigenvalue weighted by Crippen LogP contribution is 2.37. The number of aromatic nitrogens is 2. The van der Waals surface area contributed by atoms with Crippen LogP contribution >= 0.6 is 23.1 Å². The Balaban J connectivity index is 2.18. The molecule has 0 atom stereocenters. The standard InChI is InChI=1S/C15H16N4O4S2/c1-9(2)8-16-14-17-18-15(25-14)24-12-5-3-10(4-6-13(20)21)7-11(12)19(22)23/h3-7,9H,8H2,1-2H3,(H,16,17)(H,20,21). The highest BCUT2D eigenvalue weighted by Gasteiger charge is 2.17. The molecule has 25 heavy (non-hydrogen) atoms.